The lowest BCUT2D eigenvalue weighted by Crippen LogP contribution is -2.55. The summed E-state index contributed by atoms with van der Waals surface area (Å²) < 4.78 is 0. The van der Waals surface area contributed by atoms with Crippen LogP contribution >= 0.6 is 0 Å². The van der Waals surface area contributed by atoms with E-state index in [1.165, 1.54) is 6.08 Å². The number of aliphatic hydroxyl groups is 1. The largest absolute Gasteiger partial charge is 0.481 e. The molecule has 0 unspecified atom stereocenters. The highest BCUT2D eigenvalue weighted by atomic mass is 16.4. The zero-order chi connectivity index (χ0) is 34.0. The minimum atomic E-state index is -3.01. The van der Waals surface area contributed by atoms with Crippen LogP contribution in [0.2, 0.25) is 0 Å². The molecule has 0 bridgehead atoms. The fourth-order valence-corrected chi connectivity index (χ4v) is 5.22. The number of aliphatic carboxylic acids is 3. The molecule has 2 rings (SSSR count). The van der Waals surface area contributed by atoms with Gasteiger partial charge in [0.05, 0.1) is 12.3 Å². The second kappa shape index (κ2) is 19.9. The summed E-state index contributed by atoms with van der Waals surface area (Å²) in [7, 11) is 0. The average molecular weight is 638 g/mol. The van der Waals surface area contributed by atoms with Crippen LogP contribution < -0.4 is 5.32 Å². The van der Waals surface area contributed by atoms with Gasteiger partial charge in [0.2, 0.25) is 5.91 Å². The van der Waals surface area contributed by atoms with Crippen molar-refractivity contribution in [2.24, 2.45) is 5.92 Å². The third kappa shape index (κ3) is 13.0. The van der Waals surface area contributed by atoms with Gasteiger partial charge in [-0.15, -0.1) is 0 Å². The minimum absolute atomic E-state index is 0.127. The number of unbranched alkanes of at least 4 members (excludes halogenated alkanes) is 7. The molecule has 250 valence electrons. The number of carbonyl (C=O) groups is 5. The molecule has 3 atom stereocenters. The highest BCUT2D eigenvalue weighted by Crippen LogP contribution is 2.26. The van der Waals surface area contributed by atoms with Crippen LogP contribution in [0.5, 0.6) is 0 Å². The first-order valence-corrected chi connectivity index (χ1v) is 16.0. The fourth-order valence-electron chi connectivity index (χ4n) is 5.22. The van der Waals surface area contributed by atoms with Crippen molar-refractivity contribution in [3.8, 4) is 11.1 Å². The van der Waals surface area contributed by atoms with Crippen LogP contribution in [0, 0.1) is 5.92 Å². The molecule has 0 saturated heterocycles. The Morgan fingerprint density at radius 3 is 1.93 bits per heavy atom. The molecule has 2 aromatic rings. The third-order valence-corrected chi connectivity index (χ3v) is 7.92. The van der Waals surface area contributed by atoms with Gasteiger partial charge < -0.3 is 25.7 Å². The van der Waals surface area contributed by atoms with E-state index in [-0.39, 0.29) is 12.2 Å². The predicted molar refractivity (Wildman–Crippen MR) is 174 cm³/mol. The van der Waals surface area contributed by atoms with E-state index in [1.54, 1.807) is 12.1 Å². The molecule has 5 N–H and O–H groups in total. The normalized spacial score (nSPS) is 13.9. The van der Waals surface area contributed by atoms with Crippen LogP contribution in [0.3, 0.4) is 0 Å². The van der Waals surface area contributed by atoms with Crippen molar-refractivity contribution in [3.63, 3.8) is 0 Å². The fraction of sp³-hybridized carbons (Fsp3) is 0.472. The number of hydrogen-bond donors (Lipinski definition) is 5. The molecule has 1 amide bonds. The third-order valence-electron chi connectivity index (χ3n) is 7.92. The zero-order valence-corrected chi connectivity index (χ0v) is 26.5. The molecule has 2 aromatic carbocycles. The maximum absolute atomic E-state index is 13.3. The molecule has 10 heteroatoms. The molecule has 0 aliphatic heterocycles. The van der Waals surface area contributed by atoms with Crippen LogP contribution in [0.4, 0.5) is 0 Å². The minimum Gasteiger partial charge on any atom is -0.481 e. The van der Waals surface area contributed by atoms with Crippen LogP contribution in [-0.4, -0.2) is 61.7 Å². The first-order valence-electron chi connectivity index (χ1n) is 16.0. The number of benzene rings is 2. The van der Waals surface area contributed by atoms with Gasteiger partial charge in [0.1, 0.15) is 11.8 Å². The van der Waals surface area contributed by atoms with Gasteiger partial charge in [0, 0.05) is 19.3 Å². The number of carboxylic acids is 3. The van der Waals surface area contributed by atoms with Crippen molar-refractivity contribution < 1.29 is 44.4 Å². The van der Waals surface area contributed by atoms with Gasteiger partial charge in [-0.2, -0.15) is 0 Å². The highest BCUT2D eigenvalue weighted by Gasteiger charge is 2.49. The molecule has 0 heterocycles. The Bertz CT molecular complexity index is 1310. The molecule has 0 saturated carbocycles. The number of hydrogen-bond acceptors (Lipinski definition) is 6. The summed E-state index contributed by atoms with van der Waals surface area (Å²) in [6.45, 7) is 2.12. The number of rotatable bonds is 23. The van der Waals surface area contributed by atoms with Crippen molar-refractivity contribution in [3.05, 3.63) is 72.3 Å². The number of allylic oxidation sites excluding steroid dienone is 1. The Morgan fingerprint density at radius 1 is 0.783 bits per heavy atom. The van der Waals surface area contributed by atoms with E-state index in [4.69, 9.17) is 0 Å². The van der Waals surface area contributed by atoms with Crippen molar-refractivity contribution in [1.82, 2.24) is 5.32 Å². The Balaban J connectivity index is 2.04. The Hall–Kier alpha value is -4.31. The molecule has 0 radical (unpaired) electrons. The lowest BCUT2D eigenvalue weighted by Gasteiger charge is -2.29. The summed E-state index contributed by atoms with van der Waals surface area (Å²) in [6, 6.07) is 15.2. The lowest BCUT2D eigenvalue weighted by atomic mass is 9.82. The predicted octanol–water partition coefficient (Wildman–Crippen LogP) is 5.81. The van der Waals surface area contributed by atoms with Gasteiger partial charge >= 0.3 is 17.9 Å². The van der Waals surface area contributed by atoms with E-state index >= 15 is 0 Å². The molecule has 0 aromatic heterocycles. The Kier molecular flexibility index (Phi) is 16.4. The summed E-state index contributed by atoms with van der Waals surface area (Å²) in [5.41, 5.74) is -0.528. The summed E-state index contributed by atoms with van der Waals surface area (Å²) in [4.78, 5) is 60.9. The summed E-state index contributed by atoms with van der Waals surface area (Å²) >= 11 is 0. The van der Waals surface area contributed by atoms with Gasteiger partial charge in [0.15, 0.2) is 5.60 Å². The van der Waals surface area contributed by atoms with Gasteiger partial charge in [-0.05, 0) is 42.4 Å². The van der Waals surface area contributed by atoms with Gasteiger partial charge in [0.25, 0.3) is 0 Å². The quantitative estimate of drug-likeness (QED) is 0.0743. The number of nitrogens with one attached hydrogen (secondary N) is 1. The van der Waals surface area contributed by atoms with E-state index in [0.717, 1.165) is 62.1 Å². The van der Waals surface area contributed by atoms with Gasteiger partial charge in [-0.3, -0.25) is 14.4 Å². The van der Waals surface area contributed by atoms with Crippen LogP contribution in [0.15, 0.2) is 66.7 Å². The van der Waals surface area contributed by atoms with E-state index in [1.807, 2.05) is 42.5 Å². The maximum atomic E-state index is 13.3. The second-order valence-electron chi connectivity index (χ2n) is 11.7. The molecule has 46 heavy (non-hydrogen) atoms. The summed E-state index contributed by atoms with van der Waals surface area (Å²) in [5.74, 6) is -7.64. The molecular formula is C36H47NO9. The first-order chi connectivity index (χ1) is 22.0. The average Bonchev–Trinajstić information content (AvgIpc) is 3.02. The van der Waals surface area contributed by atoms with E-state index in [2.05, 4.69) is 12.2 Å². The SMILES string of the molecule is CCCCCCC(=O)CCCCCC/C=C/[C@@H](C(=O)N[C@@H](Cc1ccc(-c2ccccc2)cc1)C(=O)O)[C@@](O)(CC(=O)O)C(=O)O. The summed E-state index contributed by atoms with van der Waals surface area (Å²) in [6.07, 6.45) is 10.1. The molecule has 0 spiro atoms. The molecule has 0 aliphatic carbocycles. The maximum Gasteiger partial charge on any atom is 0.337 e. The number of Topliss-reactive ketones (excluding diaryl/α,β-unsaturated/α-hetero) is 1. The Morgan fingerprint density at radius 2 is 1.37 bits per heavy atom. The molecular weight excluding hydrogens is 590 g/mol. The van der Waals surface area contributed by atoms with Crippen LogP contribution in [0.25, 0.3) is 11.1 Å². The lowest BCUT2D eigenvalue weighted by molar-refractivity contribution is -0.172. The number of carboxylic acid groups (broad SMARTS) is 3. The van der Waals surface area contributed by atoms with E-state index < -0.39 is 47.8 Å². The smallest absolute Gasteiger partial charge is 0.337 e. The van der Waals surface area contributed by atoms with Crippen LogP contribution in [-0.2, 0) is 30.4 Å². The monoisotopic (exact) mass is 637 g/mol. The topological polar surface area (TPSA) is 178 Å². The van der Waals surface area contributed by atoms with Crippen molar-refractivity contribution >= 4 is 29.6 Å². The summed E-state index contributed by atoms with van der Waals surface area (Å²) in [5, 5.41) is 42.1. The van der Waals surface area contributed by atoms with Crippen LogP contribution in [0.1, 0.15) is 89.5 Å². The van der Waals surface area contributed by atoms with Crippen molar-refractivity contribution in [2.75, 3.05) is 0 Å². The second-order valence-corrected chi connectivity index (χ2v) is 11.7. The number of carbonyl (C=O) groups excluding carboxylic acids is 2. The van der Waals surface area contributed by atoms with E-state index in [9.17, 15) is 44.4 Å². The zero-order valence-electron chi connectivity index (χ0n) is 26.5. The van der Waals surface area contributed by atoms with Crippen molar-refractivity contribution in [1.29, 1.82) is 0 Å². The van der Waals surface area contributed by atoms with Gasteiger partial charge in [-0.1, -0.05) is 106 Å². The van der Waals surface area contributed by atoms with E-state index in [0.29, 0.717) is 31.2 Å². The molecule has 0 fully saturated rings. The Labute approximate surface area is 270 Å². The first kappa shape index (κ1) is 37.9. The number of ketones is 1. The van der Waals surface area contributed by atoms with Crippen molar-refractivity contribution in [2.45, 2.75) is 102 Å². The molecule has 0 aliphatic rings. The number of amides is 1. The van der Waals surface area contributed by atoms with Gasteiger partial charge in [-0.25, -0.2) is 9.59 Å². The standard InChI is InChI=1S/C36H47NO9/c1-2-3-4-12-17-29(38)18-13-7-5-6-8-14-19-30(36(46,35(44)45)25-32(39)40)33(41)37-31(34(42)43)24-26-20-22-28(23-21-26)27-15-10-9-11-16-27/h9-11,14-16,19-23,30-31,46H,2-8,12-13,17-18,24-25H2,1H3,(H,37,41)(H,39,40)(H,42,43)(H,44,45)/b19-14+/t30-,31-,36-/m0/s1. The molecule has 10 nitrogen and oxygen atoms in total. The highest BCUT2D eigenvalue weighted by molar-refractivity contribution is 5.94.